The fourth-order valence-electron chi connectivity index (χ4n) is 4.41. The smallest absolute Gasteiger partial charge is 0.481 e. The number of aromatic nitrogens is 1. The highest BCUT2D eigenvalue weighted by molar-refractivity contribution is 7.14. The normalized spacial score (nSPS) is 11.2. The van der Waals surface area contributed by atoms with Crippen molar-refractivity contribution in [3.05, 3.63) is 120 Å². The van der Waals surface area contributed by atoms with Crippen LogP contribution in [0, 0.1) is 0 Å². The zero-order valence-corrected chi connectivity index (χ0v) is 23.9. The Kier molecular flexibility index (Phi) is 9.25. The number of rotatable bonds is 11. The van der Waals surface area contributed by atoms with Gasteiger partial charge in [0.25, 0.3) is 5.91 Å². The van der Waals surface area contributed by atoms with Crippen LogP contribution < -0.4 is 15.0 Å². The highest BCUT2D eigenvalue weighted by atomic mass is 32.1. The molecule has 0 spiro atoms. The van der Waals surface area contributed by atoms with Crippen molar-refractivity contribution in [2.24, 2.45) is 0 Å². The number of carbonyl (C=O) groups excluding carboxylic acids is 1. The Morgan fingerprint density at radius 1 is 0.841 bits per heavy atom. The molecule has 0 unspecified atom stereocenters. The van der Waals surface area contributed by atoms with Crippen molar-refractivity contribution in [3.63, 3.8) is 0 Å². The summed E-state index contributed by atoms with van der Waals surface area (Å²) in [7, 11) is 0. The van der Waals surface area contributed by atoms with E-state index in [0.29, 0.717) is 28.5 Å². The van der Waals surface area contributed by atoms with Crippen LogP contribution in [0.1, 0.15) is 22.3 Å². The Bertz CT molecular complexity index is 1710. The third-order valence-corrected chi connectivity index (χ3v) is 7.44. The van der Waals surface area contributed by atoms with E-state index in [1.54, 1.807) is 24.3 Å². The van der Waals surface area contributed by atoms with Gasteiger partial charge in [-0.25, -0.2) is 4.98 Å². The van der Waals surface area contributed by atoms with Crippen molar-refractivity contribution in [2.75, 3.05) is 11.4 Å². The minimum Gasteiger partial charge on any atom is -0.481 e. The number of alkyl halides is 3. The molecule has 5 rings (SSSR count). The molecular weight excluding hydrogens is 591 g/mol. The average Bonchev–Trinajstić information content (AvgIpc) is 3.50. The SMILES string of the molecule is O=C(O)CCNC(=O)c1ccc(N(Cc2ccc(-c3ccccc3)cc2)c2nc(-c3ccc(OC(F)(F)F)cc3)cs2)cc1. The van der Waals surface area contributed by atoms with E-state index >= 15 is 0 Å². The number of hydrogen-bond acceptors (Lipinski definition) is 6. The van der Waals surface area contributed by atoms with Crippen molar-refractivity contribution < 1.29 is 32.6 Å². The number of nitrogens with one attached hydrogen (secondary N) is 1. The molecule has 0 saturated carbocycles. The fraction of sp³-hybridized carbons (Fsp3) is 0.121. The Hall–Kier alpha value is -5.16. The molecule has 0 fully saturated rings. The van der Waals surface area contributed by atoms with Gasteiger partial charge in [-0.05, 0) is 65.2 Å². The molecule has 4 aromatic carbocycles. The summed E-state index contributed by atoms with van der Waals surface area (Å²) < 4.78 is 41.7. The molecule has 0 aliphatic rings. The number of halogens is 3. The van der Waals surface area contributed by atoms with Gasteiger partial charge in [-0.3, -0.25) is 9.59 Å². The number of nitrogens with zero attached hydrogens (tertiary/aromatic N) is 2. The van der Waals surface area contributed by atoms with E-state index in [1.165, 1.54) is 35.6 Å². The topological polar surface area (TPSA) is 91.8 Å². The molecule has 0 bridgehead atoms. The molecule has 1 aromatic heterocycles. The average molecular weight is 618 g/mol. The molecular formula is C33H26F3N3O4S. The van der Waals surface area contributed by atoms with E-state index in [4.69, 9.17) is 10.1 Å². The van der Waals surface area contributed by atoms with Crippen molar-refractivity contribution in [3.8, 4) is 28.1 Å². The molecule has 0 aliphatic heterocycles. The number of carboxylic acid groups (broad SMARTS) is 1. The van der Waals surface area contributed by atoms with E-state index in [9.17, 15) is 22.8 Å². The maximum absolute atomic E-state index is 12.6. The summed E-state index contributed by atoms with van der Waals surface area (Å²) in [6, 6.07) is 30.6. The summed E-state index contributed by atoms with van der Waals surface area (Å²) in [6.07, 6.45) is -4.95. The Morgan fingerprint density at radius 2 is 1.48 bits per heavy atom. The fourth-order valence-corrected chi connectivity index (χ4v) is 5.27. The summed E-state index contributed by atoms with van der Waals surface area (Å²) in [6.45, 7) is 0.469. The molecule has 44 heavy (non-hydrogen) atoms. The van der Waals surface area contributed by atoms with Crippen LogP contribution in [0.15, 0.2) is 109 Å². The lowest BCUT2D eigenvalue weighted by Crippen LogP contribution is -2.26. The third-order valence-electron chi connectivity index (χ3n) is 6.57. The maximum Gasteiger partial charge on any atom is 0.573 e. The monoisotopic (exact) mass is 617 g/mol. The summed E-state index contributed by atoms with van der Waals surface area (Å²) in [5.41, 5.74) is 5.54. The minimum absolute atomic E-state index is 0.0201. The summed E-state index contributed by atoms with van der Waals surface area (Å²) in [5.74, 6) is -1.69. The van der Waals surface area contributed by atoms with E-state index in [-0.39, 0.29) is 24.6 Å². The Balaban J connectivity index is 1.40. The quantitative estimate of drug-likeness (QED) is 0.157. The highest BCUT2D eigenvalue weighted by Gasteiger charge is 2.31. The molecule has 7 nitrogen and oxygen atoms in total. The van der Waals surface area contributed by atoms with Crippen molar-refractivity contribution in [1.29, 1.82) is 0 Å². The van der Waals surface area contributed by atoms with Gasteiger partial charge in [0.05, 0.1) is 18.7 Å². The van der Waals surface area contributed by atoms with Crippen molar-refractivity contribution in [2.45, 2.75) is 19.3 Å². The van der Waals surface area contributed by atoms with Crippen LogP contribution in [0.3, 0.4) is 0 Å². The zero-order valence-electron chi connectivity index (χ0n) is 23.1. The maximum atomic E-state index is 12.6. The first-order chi connectivity index (χ1) is 21.1. The second-order valence-electron chi connectivity index (χ2n) is 9.68. The first-order valence-electron chi connectivity index (χ1n) is 13.5. The molecule has 224 valence electrons. The molecule has 5 aromatic rings. The molecule has 1 heterocycles. The predicted octanol–water partition coefficient (Wildman–Crippen LogP) is 7.92. The molecule has 11 heteroatoms. The van der Waals surface area contributed by atoms with Gasteiger partial charge in [0.2, 0.25) is 0 Å². The number of carboxylic acids is 1. The van der Waals surface area contributed by atoms with Crippen LogP contribution in [0.25, 0.3) is 22.4 Å². The van der Waals surface area contributed by atoms with E-state index in [0.717, 1.165) is 22.4 Å². The second-order valence-corrected chi connectivity index (χ2v) is 10.5. The summed E-state index contributed by atoms with van der Waals surface area (Å²) >= 11 is 1.37. The van der Waals surface area contributed by atoms with Crippen LogP contribution in [-0.2, 0) is 11.3 Å². The standard InChI is InChI=1S/C33H26F3N3O4S/c34-33(35,36)43-28-16-12-25(13-17-28)29-21-44-32(38-29)39(20-22-6-8-24(9-7-22)23-4-2-1-3-5-23)27-14-10-26(11-15-27)31(42)37-19-18-30(40)41/h1-17,21H,18-20H2,(H,37,42)(H,40,41). The van der Waals surface area contributed by atoms with Gasteiger partial charge in [0.15, 0.2) is 5.13 Å². The number of anilines is 2. The van der Waals surface area contributed by atoms with E-state index < -0.39 is 12.3 Å². The van der Waals surface area contributed by atoms with Crippen LogP contribution in [0.2, 0.25) is 0 Å². The number of aliphatic carboxylic acids is 1. The van der Waals surface area contributed by atoms with Gasteiger partial charge in [0, 0.05) is 28.7 Å². The number of amides is 1. The molecule has 0 saturated heterocycles. The number of benzene rings is 4. The molecule has 0 radical (unpaired) electrons. The molecule has 0 aliphatic carbocycles. The largest absolute Gasteiger partial charge is 0.573 e. The molecule has 1 amide bonds. The van der Waals surface area contributed by atoms with E-state index in [2.05, 4.69) is 10.1 Å². The lowest BCUT2D eigenvalue weighted by Gasteiger charge is -2.23. The minimum atomic E-state index is -4.77. The number of carbonyl (C=O) groups is 2. The van der Waals surface area contributed by atoms with Gasteiger partial charge in [-0.2, -0.15) is 0 Å². The number of hydrogen-bond donors (Lipinski definition) is 2. The van der Waals surface area contributed by atoms with E-state index in [1.807, 2.05) is 64.9 Å². The van der Waals surface area contributed by atoms with Gasteiger partial charge in [0.1, 0.15) is 5.75 Å². The van der Waals surface area contributed by atoms with Gasteiger partial charge < -0.3 is 20.1 Å². The van der Waals surface area contributed by atoms with Gasteiger partial charge in [-0.15, -0.1) is 24.5 Å². The van der Waals surface area contributed by atoms with Crippen molar-refractivity contribution in [1.82, 2.24) is 10.3 Å². The summed E-state index contributed by atoms with van der Waals surface area (Å²) in [4.78, 5) is 30.0. The Labute approximate surface area is 255 Å². The Morgan fingerprint density at radius 3 is 2.11 bits per heavy atom. The highest BCUT2D eigenvalue weighted by Crippen LogP contribution is 2.35. The lowest BCUT2D eigenvalue weighted by atomic mass is 10.0. The summed E-state index contributed by atoms with van der Waals surface area (Å²) in [5, 5.41) is 13.9. The van der Waals surface area contributed by atoms with Crippen LogP contribution >= 0.6 is 11.3 Å². The molecule has 2 N–H and O–H groups in total. The van der Waals surface area contributed by atoms with Gasteiger partial charge in [-0.1, -0.05) is 54.6 Å². The van der Waals surface area contributed by atoms with Crippen LogP contribution in [0.4, 0.5) is 24.0 Å². The number of ether oxygens (including phenoxy) is 1. The van der Waals surface area contributed by atoms with Crippen LogP contribution in [0.5, 0.6) is 5.75 Å². The van der Waals surface area contributed by atoms with Crippen LogP contribution in [-0.4, -0.2) is 34.9 Å². The lowest BCUT2D eigenvalue weighted by molar-refractivity contribution is -0.274. The molecule has 0 atom stereocenters. The van der Waals surface area contributed by atoms with Gasteiger partial charge >= 0.3 is 12.3 Å². The first kappa shape index (κ1) is 30.3. The third kappa shape index (κ3) is 8.01. The predicted molar refractivity (Wildman–Crippen MR) is 163 cm³/mol. The number of thiazole rings is 1. The van der Waals surface area contributed by atoms with Crippen molar-refractivity contribution >= 4 is 34.0 Å². The first-order valence-corrected chi connectivity index (χ1v) is 14.4. The zero-order chi connectivity index (χ0) is 31.1. The second kappa shape index (κ2) is 13.4.